The van der Waals surface area contributed by atoms with E-state index < -0.39 is 22.7 Å². The van der Waals surface area contributed by atoms with Gasteiger partial charge in [0.1, 0.15) is 0 Å². The Hall–Kier alpha value is -2.47. The van der Waals surface area contributed by atoms with Crippen molar-refractivity contribution in [2.75, 3.05) is 0 Å². The zero-order chi connectivity index (χ0) is 15.4. The van der Waals surface area contributed by atoms with Crippen molar-refractivity contribution in [3.05, 3.63) is 65.2 Å². The molecule has 0 fully saturated rings. The van der Waals surface area contributed by atoms with Gasteiger partial charge in [0, 0.05) is 10.5 Å². The summed E-state index contributed by atoms with van der Waals surface area (Å²) in [6.07, 6.45) is 0. The van der Waals surface area contributed by atoms with E-state index in [1.807, 2.05) is 0 Å². The van der Waals surface area contributed by atoms with Crippen molar-refractivity contribution in [1.29, 1.82) is 0 Å². The van der Waals surface area contributed by atoms with Crippen LogP contribution in [0.1, 0.15) is 26.3 Å². The van der Waals surface area contributed by atoms with Crippen LogP contribution in [0.25, 0.3) is 0 Å². The lowest BCUT2D eigenvalue weighted by atomic mass is 10.1. The molecule has 0 aliphatic heterocycles. The summed E-state index contributed by atoms with van der Waals surface area (Å²) >= 11 is 0. The van der Waals surface area contributed by atoms with E-state index in [4.69, 9.17) is 10.8 Å². The summed E-state index contributed by atoms with van der Waals surface area (Å²) in [4.78, 5) is 22.4. The molecule has 0 aliphatic rings. The number of primary amides is 1. The molecule has 0 aromatic heterocycles. The third-order valence-corrected chi connectivity index (χ3v) is 4.23. The Morgan fingerprint density at radius 1 is 1.05 bits per heavy atom. The molecule has 0 bridgehead atoms. The Kier molecular flexibility index (Phi) is 4.49. The fourth-order valence-electron chi connectivity index (χ4n) is 1.82. The number of carbonyl (C=O) groups excluding carboxylic acids is 1. The van der Waals surface area contributed by atoms with Gasteiger partial charge >= 0.3 is 5.97 Å². The highest BCUT2D eigenvalue weighted by Gasteiger charge is 2.10. The van der Waals surface area contributed by atoms with E-state index in [1.54, 1.807) is 36.4 Å². The minimum atomic E-state index is -1.40. The van der Waals surface area contributed by atoms with Crippen LogP contribution in [0, 0.1) is 0 Å². The molecule has 0 radical (unpaired) electrons. The maximum Gasteiger partial charge on any atom is 0.335 e. The Morgan fingerprint density at radius 3 is 2.38 bits per heavy atom. The SMILES string of the molecule is NC(=O)c1cccc(CS(=O)c2cccc(C(=O)O)c2)c1. The molecule has 1 unspecified atom stereocenters. The molecule has 1 atom stereocenters. The second-order valence-corrected chi connectivity index (χ2v) is 5.84. The molecule has 2 rings (SSSR count). The van der Waals surface area contributed by atoms with Gasteiger partial charge in [-0.1, -0.05) is 18.2 Å². The largest absolute Gasteiger partial charge is 0.478 e. The summed E-state index contributed by atoms with van der Waals surface area (Å²) in [6, 6.07) is 12.6. The van der Waals surface area contributed by atoms with Crippen LogP contribution in [0.2, 0.25) is 0 Å². The first-order chi connectivity index (χ1) is 9.97. The summed E-state index contributed by atoms with van der Waals surface area (Å²) in [5.74, 6) is -1.43. The summed E-state index contributed by atoms with van der Waals surface area (Å²) in [7, 11) is -1.40. The molecule has 5 nitrogen and oxygen atoms in total. The van der Waals surface area contributed by atoms with Crippen molar-refractivity contribution in [1.82, 2.24) is 0 Å². The molecule has 6 heteroatoms. The fourth-order valence-corrected chi connectivity index (χ4v) is 2.96. The third kappa shape index (κ3) is 3.76. The van der Waals surface area contributed by atoms with E-state index in [0.29, 0.717) is 16.0 Å². The van der Waals surface area contributed by atoms with Gasteiger partial charge in [-0.25, -0.2) is 4.79 Å². The Bertz CT molecular complexity index is 727. The van der Waals surface area contributed by atoms with Crippen molar-refractivity contribution < 1.29 is 18.9 Å². The second-order valence-electron chi connectivity index (χ2n) is 4.39. The molecule has 0 spiro atoms. The van der Waals surface area contributed by atoms with Gasteiger partial charge in [0.05, 0.1) is 22.1 Å². The summed E-state index contributed by atoms with van der Waals surface area (Å²) in [6.45, 7) is 0. The van der Waals surface area contributed by atoms with Crippen LogP contribution in [0.4, 0.5) is 0 Å². The first-order valence-electron chi connectivity index (χ1n) is 6.08. The number of carbonyl (C=O) groups is 2. The molecule has 0 saturated carbocycles. The number of nitrogens with two attached hydrogens (primary N) is 1. The van der Waals surface area contributed by atoms with Gasteiger partial charge < -0.3 is 10.8 Å². The molecule has 2 aromatic carbocycles. The monoisotopic (exact) mass is 303 g/mol. The van der Waals surface area contributed by atoms with Gasteiger partial charge in [0.2, 0.25) is 5.91 Å². The predicted molar refractivity (Wildman–Crippen MR) is 78.5 cm³/mol. The highest BCUT2D eigenvalue weighted by atomic mass is 32.2. The van der Waals surface area contributed by atoms with Crippen molar-refractivity contribution in [2.24, 2.45) is 5.73 Å². The molecule has 1 amide bonds. The number of amides is 1. The smallest absolute Gasteiger partial charge is 0.335 e. The van der Waals surface area contributed by atoms with Gasteiger partial charge in [0.25, 0.3) is 0 Å². The van der Waals surface area contributed by atoms with Gasteiger partial charge in [-0.15, -0.1) is 0 Å². The number of hydrogen-bond acceptors (Lipinski definition) is 3. The second kappa shape index (κ2) is 6.32. The summed E-state index contributed by atoms with van der Waals surface area (Å²) in [5.41, 5.74) is 6.34. The van der Waals surface area contributed by atoms with E-state index in [0.717, 1.165) is 0 Å². The third-order valence-electron chi connectivity index (χ3n) is 2.85. The maximum absolute atomic E-state index is 12.3. The fraction of sp³-hybridized carbons (Fsp3) is 0.0667. The average molecular weight is 303 g/mol. The van der Waals surface area contributed by atoms with Crippen LogP contribution in [0.15, 0.2) is 53.4 Å². The molecule has 0 aliphatic carbocycles. The normalized spacial score (nSPS) is 11.8. The lowest BCUT2D eigenvalue weighted by Gasteiger charge is -2.05. The van der Waals surface area contributed by atoms with Crippen LogP contribution >= 0.6 is 0 Å². The molecule has 2 aromatic rings. The highest BCUT2D eigenvalue weighted by molar-refractivity contribution is 7.84. The van der Waals surface area contributed by atoms with E-state index in [1.165, 1.54) is 12.1 Å². The van der Waals surface area contributed by atoms with Crippen LogP contribution in [-0.2, 0) is 16.6 Å². The Labute approximate surface area is 123 Å². The van der Waals surface area contributed by atoms with Crippen LogP contribution in [-0.4, -0.2) is 21.2 Å². The number of hydrogen-bond donors (Lipinski definition) is 2. The zero-order valence-corrected chi connectivity index (χ0v) is 11.8. The number of carboxylic acids is 1. The minimum Gasteiger partial charge on any atom is -0.478 e. The average Bonchev–Trinajstić information content (AvgIpc) is 2.47. The summed E-state index contributed by atoms with van der Waals surface area (Å²) in [5, 5.41) is 8.93. The quantitative estimate of drug-likeness (QED) is 0.880. The van der Waals surface area contributed by atoms with Crippen molar-refractivity contribution >= 4 is 22.7 Å². The van der Waals surface area contributed by atoms with Crippen LogP contribution in [0.5, 0.6) is 0 Å². The van der Waals surface area contributed by atoms with E-state index in [9.17, 15) is 13.8 Å². The number of rotatable bonds is 5. The maximum atomic E-state index is 12.3. The molecule has 0 saturated heterocycles. The van der Waals surface area contributed by atoms with Gasteiger partial charge in [-0.2, -0.15) is 0 Å². The van der Waals surface area contributed by atoms with Crippen molar-refractivity contribution in [2.45, 2.75) is 10.6 Å². The van der Waals surface area contributed by atoms with E-state index in [-0.39, 0.29) is 11.3 Å². The molecule has 3 N–H and O–H groups in total. The van der Waals surface area contributed by atoms with Gasteiger partial charge in [-0.05, 0) is 35.9 Å². The minimum absolute atomic E-state index is 0.0896. The van der Waals surface area contributed by atoms with Crippen LogP contribution < -0.4 is 5.73 Å². The molecular formula is C15H13NO4S. The Balaban J connectivity index is 2.22. The zero-order valence-electron chi connectivity index (χ0n) is 11.0. The molecular weight excluding hydrogens is 290 g/mol. The van der Waals surface area contributed by atoms with Crippen LogP contribution in [0.3, 0.4) is 0 Å². The number of aromatic carboxylic acids is 1. The van der Waals surface area contributed by atoms with E-state index in [2.05, 4.69) is 0 Å². The topological polar surface area (TPSA) is 97.5 Å². The van der Waals surface area contributed by atoms with Crippen molar-refractivity contribution in [3.8, 4) is 0 Å². The summed E-state index contributed by atoms with van der Waals surface area (Å²) < 4.78 is 12.3. The predicted octanol–water partition coefficient (Wildman–Crippen LogP) is 1.79. The number of carboxylic acid groups (broad SMARTS) is 1. The lowest BCUT2D eigenvalue weighted by Crippen LogP contribution is -2.11. The van der Waals surface area contributed by atoms with Gasteiger partial charge in [-0.3, -0.25) is 9.00 Å². The van der Waals surface area contributed by atoms with Crippen molar-refractivity contribution in [3.63, 3.8) is 0 Å². The standard InChI is InChI=1S/C15H13NO4S/c16-14(17)11-4-1-3-10(7-11)9-21(20)13-6-2-5-12(8-13)15(18)19/h1-8H,9H2,(H2,16,17)(H,18,19). The molecule has 0 heterocycles. The van der Waals surface area contributed by atoms with E-state index >= 15 is 0 Å². The number of benzene rings is 2. The van der Waals surface area contributed by atoms with Gasteiger partial charge in [0.15, 0.2) is 0 Å². The first-order valence-corrected chi connectivity index (χ1v) is 7.40. The highest BCUT2D eigenvalue weighted by Crippen LogP contribution is 2.15. The first kappa shape index (κ1) is 14.9. The molecule has 108 valence electrons. The molecule has 21 heavy (non-hydrogen) atoms. The lowest BCUT2D eigenvalue weighted by molar-refractivity contribution is 0.0696. The Morgan fingerprint density at radius 2 is 1.71 bits per heavy atom.